The van der Waals surface area contributed by atoms with Crippen LogP contribution >= 0.6 is 23.2 Å². The van der Waals surface area contributed by atoms with Crippen LogP contribution in [0.4, 0.5) is 9.59 Å². The Kier molecular flexibility index (Phi) is 15.4. The average molecular weight is 620 g/mol. The number of esters is 2. The van der Waals surface area contributed by atoms with Crippen molar-refractivity contribution in [2.75, 3.05) is 31.8 Å². The van der Waals surface area contributed by atoms with Crippen LogP contribution in [0.5, 0.6) is 0 Å². The lowest BCUT2D eigenvalue weighted by Crippen LogP contribution is -2.52. The molecule has 10 nitrogen and oxygen atoms in total. The van der Waals surface area contributed by atoms with Crippen LogP contribution in [0.25, 0.3) is 0 Å². The summed E-state index contributed by atoms with van der Waals surface area (Å²) in [5, 5.41) is 0. The summed E-state index contributed by atoms with van der Waals surface area (Å²) in [5.41, 5.74) is 0.480. The molecule has 12 heteroatoms. The van der Waals surface area contributed by atoms with Gasteiger partial charge in [0, 0.05) is 35.0 Å². The number of alkyl halides is 2. The molecule has 0 saturated heterocycles. The van der Waals surface area contributed by atoms with Gasteiger partial charge in [0.05, 0.1) is 12.1 Å². The topological polar surface area (TPSA) is 112 Å². The van der Waals surface area contributed by atoms with Crippen molar-refractivity contribution in [3.05, 3.63) is 24.3 Å². The highest BCUT2D eigenvalue weighted by Gasteiger charge is 2.36. The molecular formula is C29H44Cl2N2O8. The number of amides is 2. The number of ether oxygens (including phenoxy) is 4. The van der Waals surface area contributed by atoms with Gasteiger partial charge in [-0.05, 0) is 39.5 Å². The Morgan fingerprint density at radius 3 is 1.29 bits per heavy atom. The molecule has 2 aliphatic carbocycles. The number of carbonyl (C=O) groups is 4. The molecule has 2 amide bonds. The minimum absolute atomic E-state index is 0.0185. The van der Waals surface area contributed by atoms with Crippen molar-refractivity contribution in [3.63, 3.8) is 0 Å². The van der Waals surface area contributed by atoms with Crippen LogP contribution in [0.1, 0.15) is 78.1 Å². The summed E-state index contributed by atoms with van der Waals surface area (Å²) in [6, 6.07) is -1.56. The molecule has 0 aromatic carbocycles. The van der Waals surface area contributed by atoms with Crippen molar-refractivity contribution >= 4 is 47.3 Å². The van der Waals surface area contributed by atoms with E-state index in [0.717, 1.165) is 64.2 Å². The first kappa shape index (κ1) is 34.7. The van der Waals surface area contributed by atoms with E-state index in [1.807, 2.05) is 0 Å². The van der Waals surface area contributed by atoms with Gasteiger partial charge in [0.2, 0.25) is 6.79 Å². The van der Waals surface area contributed by atoms with Crippen LogP contribution in [0.15, 0.2) is 24.3 Å². The molecule has 2 fully saturated rings. The molecule has 41 heavy (non-hydrogen) atoms. The fourth-order valence-electron chi connectivity index (χ4n) is 5.18. The van der Waals surface area contributed by atoms with Gasteiger partial charge in [0.1, 0.15) is 13.2 Å². The first-order valence-corrected chi connectivity index (χ1v) is 15.3. The van der Waals surface area contributed by atoms with Crippen molar-refractivity contribution in [3.8, 4) is 0 Å². The summed E-state index contributed by atoms with van der Waals surface area (Å²) in [4.78, 5) is 53.5. The van der Waals surface area contributed by atoms with Crippen LogP contribution in [-0.2, 0) is 28.5 Å². The van der Waals surface area contributed by atoms with Gasteiger partial charge in [0.25, 0.3) is 0 Å². The maximum absolute atomic E-state index is 13.3. The lowest BCUT2D eigenvalue weighted by atomic mass is 9.93. The summed E-state index contributed by atoms with van der Waals surface area (Å²) < 4.78 is 21.4. The standard InChI is InChI=1S/C29H44Cl2N2O8/c1-20(2)26(34)38-17-24(15-30)32(22-11-7-5-8-12-22)28(36)40-19-41-29(37)33(23-13-9-6-10-14-23)25(16-31)18-39-27(35)21(3)4/h22-25H,1,3,5-19H2,2,4H3. The number of rotatable bonds is 14. The van der Waals surface area contributed by atoms with E-state index in [2.05, 4.69) is 13.2 Å². The summed E-state index contributed by atoms with van der Waals surface area (Å²) in [7, 11) is 0. The third-order valence-electron chi connectivity index (χ3n) is 7.38. The Bertz CT molecular complexity index is 846. The second-order valence-electron chi connectivity index (χ2n) is 10.7. The predicted octanol–water partition coefficient (Wildman–Crippen LogP) is 5.94. The highest BCUT2D eigenvalue weighted by atomic mass is 35.5. The number of halogens is 2. The first-order valence-electron chi connectivity index (χ1n) is 14.3. The van der Waals surface area contributed by atoms with Crippen LogP contribution in [-0.4, -0.2) is 89.9 Å². The Morgan fingerprint density at radius 2 is 1.00 bits per heavy atom. The molecule has 0 N–H and O–H groups in total. The SMILES string of the molecule is C=C(C)C(=O)OCC(CCl)N(C(=O)OCOC(=O)N(C1CCCCC1)C(CCl)COC(=O)C(=C)C)C1CCCCC1. The molecular weight excluding hydrogens is 575 g/mol. The van der Waals surface area contributed by atoms with Gasteiger partial charge >= 0.3 is 24.1 Å². The lowest BCUT2D eigenvalue weighted by Gasteiger charge is -2.39. The molecule has 0 radical (unpaired) electrons. The van der Waals surface area contributed by atoms with E-state index in [1.165, 1.54) is 23.6 Å². The third kappa shape index (κ3) is 11.0. The Balaban J connectivity index is 2.09. The highest BCUT2D eigenvalue weighted by molar-refractivity contribution is 6.18. The number of hydrogen-bond donors (Lipinski definition) is 0. The second kappa shape index (κ2) is 18.2. The molecule has 2 atom stereocenters. The normalized spacial score (nSPS) is 17.5. The minimum atomic E-state index is -0.713. The zero-order valence-corrected chi connectivity index (χ0v) is 25.8. The average Bonchev–Trinajstić information content (AvgIpc) is 2.97. The van der Waals surface area contributed by atoms with Crippen molar-refractivity contribution in [2.45, 2.75) is 102 Å². The zero-order chi connectivity index (χ0) is 30.4. The Morgan fingerprint density at radius 1 is 0.659 bits per heavy atom. The summed E-state index contributed by atoms with van der Waals surface area (Å²) >= 11 is 12.4. The van der Waals surface area contributed by atoms with Gasteiger partial charge in [-0.3, -0.25) is 9.80 Å². The zero-order valence-electron chi connectivity index (χ0n) is 24.2. The maximum atomic E-state index is 13.3. The van der Waals surface area contributed by atoms with Crippen LogP contribution in [0.2, 0.25) is 0 Å². The van der Waals surface area contributed by atoms with E-state index < -0.39 is 43.0 Å². The van der Waals surface area contributed by atoms with E-state index in [1.54, 1.807) is 0 Å². The van der Waals surface area contributed by atoms with E-state index in [0.29, 0.717) is 0 Å². The van der Waals surface area contributed by atoms with Gasteiger partial charge in [-0.25, -0.2) is 19.2 Å². The lowest BCUT2D eigenvalue weighted by molar-refractivity contribution is -0.141. The molecule has 0 aliphatic heterocycles. The fourth-order valence-corrected chi connectivity index (χ4v) is 5.65. The van der Waals surface area contributed by atoms with Gasteiger partial charge in [-0.1, -0.05) is 51.7 Å². The molecule has 0 aromatic heterocycles. The molecule has 2 rings (SSSR count). The summed E-state index contributed by atoms with van der Waals surface area (Å²) in [6.07, 6.45) is 7.49. The molecule has 2 saturated carbocycles. The number of carbonyl (C=O) groups excluding carboxylic acids is 4. The van der Waals surface area contributed by atoms with Crippen molar-refractivity contribution < 1.29 is 38.1 Å². The van der Waals surface area contributed by atoms with Gasteiger partial charge in [0.15, 0.2) is 0 Å². The molecule has 232 valence electrons. The Hall–Kier alpha value is -2.46. The second-order valence-corrected chi connectivity index (χ2v) is 11.3. The fraction of sp³-hybridized carbons (Fsp3) is 0.724. The van der Waals surface area contributed by atoms with E-state index in [-0.39, 0.29) is 48.2 Å². The van der Waals surface area contributed by atoms with Crippen LogP contribution in [0.3, 0.4) is 0 Å². The molecule has 0 aromatic rings. The largest absolute Gasteiger partial charge is 0.460 e. The number of nitrogens with zero attached hydrogens (tertiary/aromatic N) is 2. The van der Waals surface area contributed by atoms with Gasteiger partial charge in [-0.2, -0.15) is 0 Å². The van der Waals surface area contributed by atoms with Crippen LogP contribution in [0, 0.1) is 0 Å². The van der Waals surface area contributed by atoms with E-state index in [9.17, 15) is 19.2 Å². The molecule has 0 spiro atoms. The van der Waals surface area contributed by atoms with Crippen molar-refractivity contribution in [1.29, 1.82) is 0 Å². The monoisotopic (exact) mass is 618 g/mol. The molecule has 0 bridgehead atoms. The first-order chi connectivity index (χ1) is 19.6. The number of hydrogen-bond acceptors (Lipinski definition) is 8. The smallest absolute Gasteiger partial charge is 0.413 e. The van der Waals surface area contributed by atoms with E-state index in [4.69, 9.17) is 42.1 Å². The summed E-state index contributed by atoms with van der Waals surface area (Å²) in [5.74, 6) is -1.11. The van der Waals surface area contributed by atoms with Crippen LogP contribution < -0.4 is 0 Å². The molecule has 2 aliphatic rings. The third-order valence-corrected chi connectivity index (χ3v) is 8.09. The van der Waals surface area contributed by atoms with Gasteiger partial charge in [-0.15, -0.1) is 23.2 Å². The van der Waals surface area contributed by atoms with Crippen molar-refractivity contribution in [1.82, 2.24) is 9.80 Å². The highest BCUT2D eigenvalue weighted by Crippen LogP contribution is 2.27. The maximum Gasteiger partial charge on any atom is 0.413 e. The summed E-state index contributed by atoms with van der Waals surface area (Å²) in [6.45, 7) is 9.37. The molecule has 0 heterocycles. The minimum Gasteiger partial charge on any atom is -0.460 e. The quantitative estimate of drug-likeness (QED) is 0.0773. The van der Waals surface area contributed by atoms with Crippen molar-refractivity contribution in [2.24, 2.45) is 0 Å². The van der Waals surface area contributed by atoms with Gasteiger partial charge < -0.3 is 18.9 Å². The Labute approximate surface area is 253 Å². The molecule has 2 unspecified atom stereocenters. The van der Waals surface area contributed by atoms with E-state index >= 15 is 0 Å². The predicted molar refractivity (Wildman–Crippen MR) is 156 cm³/mol.